The van der Waals surface area contributed by atoms with Crippen LogP contribution in [-0.2, 0) is 25.5 Å². The Kier molecular flexibility index (Phi) is 6.88. The first-order valence-electron chi connectivity index (χ1n) is 10.9. The van der Waals surface area contributed by atoms with Gasteiger partial charge in [-0.2, -0.15) is 0 Å². The molecule has 0 bridgehead atoms. The highest BCUT2D eigenvalue weighted by Crippen LogP contribution is 2.25. The van der Waals surface area contributed by atoms with Gasteiger partial charge >= 0.3 is 17.8 Å². The molecule has 2 aromatic carbocycles. The van der Waals surface area contributed by atoms with Gasteiger partial charge in [0.2, 0.25) is 0 Å². The predicted molar refractivity (Wildman–Crippen MR) is 125 cm³/mol. The van der Waals surface area contributed by atoms with Crippen molar-refractivity contribution in [2.75, 3.05) is 25.2 Å². The van der Waals surface area contributed by atoms with Gasteiger partial charge in [0.25, 0.3) is 0 Å². The average molecular weight is 496 g/mol. The van der Waals surface area contributed by atoms with Crippen molar-refractivity contribution in [3.8, 4) is 17.1 Å². The summed E-state index contributed by atoms with van der Waals surface area (Å²) in [4.78, 5) is 51.3. The first-order valence-corrected chi connectivity index (χ1v) is 10.9. The number of ketones is 1. The lowest BCUT2D eigenvalue weighted by Crippen LogP contribution is -2.56. The summed E-state index contributed by atoms with van der Waals surface area (Å²) in [5, 5.41) is 3.63. The van der Waals surface area contributed by atoms with E-state index in [4.69, 9.17) is 15.2 Å². The summed E-state index contributed by atoms with van der Waals surface area (Å²) >= 11 is 0. The Hall–Kier alpha value is -4.45. The summed E-state index contributed by atoms with van der Waals surface area (Å²) in [6.45, 7) is 1.65. The number of nitrogens with one attached hydrogen (secondary N) is 1. The summed E-state index contributed by atoms with van der Waals surface area (Å²) in [5.74, 6) is -1.14. The van der Waals surface area contributed by atoms with Crippen molar-refractivity contribution in [3.05, 3.63) is 64.6 Å². The van der Waals surface area contributed by atoms with E-state index in [1.54, 1.807) is 48.5 Å². The van der Waals surface area contributed by atoms with E-state index in [-0.39, 0.29) is 25.4 Å². The van der Waals surface area contributed by atoms with Crippen molar-refractivity contribution in [2.24, 2.45) is 5.73 Å². The van der Waals surface area contributed by atoms with Crippen LogP contribution in [0.25, 0.3) is 11.4 Å². The van der Waals surface area contributed by atoms with Crippen molar-refractivity contribution < 1.29 is 33.1 Å². The molecule has 1 fully saturated rings. The summed E-state index contributed by atoms with van der Waals surface area (Å²) in [7, 11) is 1.18. The molecule has 188 valence electrons. The number of cyclic esters (lactones) is 1. The summed E-state index contributed by atoms with van der Waals surface area (Å²) in [6.07, 6.45) is -1.03. The number of nitrogens with two attached hydrogens (primary N) is 1. The molecule has 2 atom stereocenters. The second-order valence-corrected chi connectivity index (χ2v) is 8.26. The lowest BCUT2D eigenvalue weighted by Gasteiger charge is -2.23. The van der Waals surface area contributed by atoms with Crippen LogP contribution < -0.4 is 21.1 Å². The number of hydrogen-bond acceptors (Lipinski definition) is 10. The van der Waals surface area contributed by atoms with E-state index >= 15 is 0 Å². The lowest BCUT2D eigenvalue weighted by atomic mass is 9.88. The number of hydrogen-bond donors (Lipinski definition) is 2. The Balaban J connectivity index is 1.33. The number of amides is 1. The number of Topliss-reactive ketones (excluding diaryl/α,β-unsaturated/α-hetero) is 1. The Morgan fingerprint density at radius 2 is 1.86 bits per heavy atom. The minimum absolute atomic E-state index is 0.0178. The smallest absolute Gasteiger partial charge is 0.439 e. The van der Waals surface area contributed by atoms with Crippen LogP contribution in [-0.4, -0.2) is 59.9 Å². The normalized spacial score (nSPS) is 16.8. The van der Waals surface area contributed by atoms with Crippen LogP contribution >= 0.6 is 0 Å². The fourth-order valence-corrected chi connectivity index (χ4v) is 3.71. The molecule has 4 rings (SSSR count). The van der Waals surface area contributed by atoms with Gasteiger partial charge in [-0.15, -0.1) is 0 Å². The zero-order valence-electron chi connectivity index (χ0n) is 19.6. The number of aromatic amines is 1. The Morgan fingerprint density at radius 3 is 2.44 bits per heavy atom. The third-order valence-electron chi connectivity index (χ3n) is 5.79. The van der Waals surface area contributed by atoms with Crippen LogP contribution in [0.5, 0.6) is 5.75 Å². The van der Waals surface area contributed by atoms with Crippen molar-refractivity contribution in [2.45, 2.75) is 25.0 Å². The Morgan fingerprint density at radius 1 is 1.17 bits per heavy atom. The number of carbonyl (C=O) groups is 3. The Bertz CT molecular complexity index is 1310. The second kappa shape index (κ2) is 10.0. The molecule has 3 N–H and O–H groups in total. The van der Waals surface area contributed by atoms with Gasteiger partial charge in [-0.25, -0.2) is 14.4 Å². The third kappa shape index (κ3) is 5.13. The van der Waals surface area contributed by atoms with Crippen molar-refractivity contribution >= 4 is 23.5 Å². The molecule has 1 aliphatic heterocycles. The fraction of sp³-hybridized carbons (Fsp3) is 0.292. The largest absolute Gasteiger partial charge is 0.490 e. The number of esters is 1. The lowest BCUT2D eigenvalue weighted by molar-refractivity contribution is -0.150. The SMILES string of the molecule is COC(=O)C(N)(Cc1ccc(OCC2CN(c3ccc(-c4noc(=O)[nH]4)cc3)C(=O)O2)cc1)C(C)=O. The second-order valence-electron chi connectivity index (χ2n) is 8.26. The molecule has 1 aliphatic rings. The molecular weight excluding hydrogens is 472 g/mol. The van der Waals surface area contributed by atoms with Crippen LogP contribution in [0.4, 0.5) is 10.5 Å². The van der Waals surface area contributed by atoms with E-state index in [0.717, 1.165) is 0 Å². The molecule has 12 nitrogen and oxygen atoms in total. The highest BCUT2D eigenvalue weighted by Gasteiger charge is 2.40. The quantitative estimate of drug-likeness (QED) is 0.327. The van der Waals surface area contributed by atoms with Crippen LogP contribution in [0.1, 0.15) is 12.5 Å². The van der Waals surface area contributed by atoms with Crippen LogP contribution in [0.2, 0.25) is 0 Å². The molecule has 36 heavy (non-hydrogen) atoms. The number of aromatic nitrogens is 2. The maximum absolute atomic E-state index is 12.4. The van der Waals surface area contributed by atoms with Crippen LogP contribution in [0.3, 0.4) is 0 Å². The monoisotopic (exact) mass is 496 g/mol. The van der Waals surface area contributed by atoms with Crippen LogP contribution in [0.15, 0.2) is 57.8 Å². The van der Waals surface area contributed by atoms with Gasteiger partial charge in [-0.1, -0.05) is 17.3 Å². The summed E-state index contributed by atoms with van der Waals surface area (Å²) < 4.78 is 20.3. The van der Waals surface area contributed by atoms with E-state index in [9.17, 15) is 19.2 Å². The molecule has 0 spiro atoms. The molecule has 1 amide bonds. The maximum Gasteiger partial charge on any atom is 0.439 e. The molecule has 0 saturated carbocycles. The first kappa shape index (κ1) is 24.7. The highest BCUT2D eigenvalue weighted by molar-refractivity contribution is 6.07. The topological polar surface area (TPSA) is 167 Å². The summed E-state index contributed by atoms with van der Waals surface area (Å²) in [5.41, 5.74) is 6.12. The molecule has 1 saturated heterocycles. The number of H-pyrrole nitrogens is 1. The van der Waals surface area contributed by atoms with Gasteiger partial charge in [0.15, 0.2) is 23.3 Å². The van der Waals surface area contributed by atoms with Crippen molar-refractivity contribution in [1.29, 1.82) is 0 Å². The number of anilines is 1. The van der Waals surface area contributed by atoms with Gasteiger partial charge in [0.05, 0.1) is 13.7 Å². The van der Waals surface area contributed by atoms with E-state index in [0.29, 0.717) is 22.6 Å². The van der Waals surface area contributed by atoms with Gasteiger partial charge in [-0.3, -0.25) is 19.2 Å². The molecule has 0 aliphatic carbocycles. The molecule has 3 aromatic rings. The molecule has 2 unspecified atom stereocenters. The molecule has 12 heteroatoms. The Labute approximate surface area is 204 Å². The van der Waals surface area contributed by atoms with Crippen molar-refractivity contribution in [1.82, 2.24) is 10.1 Å². The van der Waals surface area contributed by atoms with E-state index < -0.39 is 35.2 Å². The average Bonchev–Trinajstić information content (AvgIpc) is 3.48. The fourth-order valence-electron chi connectivity index (χ4n) is 3.71. The maximum atomic E-state index is 12.4. The minimum atomic E-state index is -1.76. The summed E-state index contributed by atoms with van der Waals surface area (Å²) in [6, 6.07) is 13.5. The first-order chi connectivity index (χ1) is 17.2. The number of ether oxygens (including phenoxy) is 3. The van der Waals surface area contributed by atoms with E-state index in [1.807, 2.05) is 0 Å². The third-order valence-corrected chi connectivity index (χ3v) is 5.79. The predicted octanol–water partition coefficient (Wildman–Crippen LogP) is 1.44. The highest BCUT2D eigenvalue weighted by atomic mass is 16.6. The van der Waals surface area contributed by atoms with E-state index in [2.05, 4.69) is 19.4 Å². The standard InChI is InChI=1S/C24H24N4O8/c1-14(29)24(25,21(30)33-2)11-15-3-9-18(10-4-15)34-13-19-12-28(23(32)35-19)17-7-5-16(6-8-17)20-26-22(31)36-27-20/h3-10,19H,11-13,25H2,1-2H3,(H,26,27,31). The number of rotatable bonds is 9. The van der Waals surface area contributed by atoms with Gasteiger partial charge in [0.1, 0.15) is 12.4 Å². The molecular formula is C24H24N4O8. The van der Waals surface area contributed by atoms with Gasteiger partial charge < -0.3 is 19.9 Å². The van der Waals surface area contributed by atoms with Crippen LogP contribution in [0, 0.1) is 0 Å². The number of benzene rings is 2. The minimum Gasteiger partial charge on any atom is -0.490 e. The molecule has 0 radical (unpaired) electrons. The zero-order valence-corrected chi connectivity index (χ0v) is 19.6. The van der Waals surface area contributed by atoms with Crippen molar-refractivity contribution in [3.63, 3.8) is 0 Å². The molecule has 2 heterocycles. The zero-order chi connectivity index (χ0) is 25.9. The van der Waals surface area contributed by atoms with E-state index in [1.165, 1.54) is 18.9 Å². The van der Waals surface area contributed by atoms with Gasteiger partial charge in [-0.05, 0) is 48.9 Å². The number of nitrogens with zero attached hydrogens (tertiary/aromatic N) is 2. The number of carbonyl (C=O) groups excluding carboxylic acids is 3. The van der Waals surface area contributed by atoms with Gasteiger partial charge in [0, 0.05) is 17.7 Å². The number of methoxy groups -OCH3 is 1. The molecule has 1 aromatic heterocycles.